The lowest BCUT2D eigenvalue weighted by atomic mass is 9.93. The fourth-order valence-electron chi connectivity index (χ4n) is 3.08. The first kappa shape index (κ1) is 18.5. The molecule has 0 aliphatic carbocycles. The van der Waals surface area contributed by atoms with Crippen molar-refractivity contribution >= 4 is 12.4 Å². The Morgan fingerprint density at radius 2 is 1.71 bits per heavy atom. The lowest BCUT2D eigenvalue weighted by Crippen LogP contribution is -2.35. The number of hydrogen-bond acceptors (Lipinski definition) is 2. The van der Waals surface area contributed by atoms with E-state index in [1.165, 1.54) is 63.0 Å². The summed E-state index contributed by atoms with van der Waals surface area (Å²) in [7, 11) is 2.05. The van der Waals surface area contributed by atoms with E-state index >= 15 is 0 Å². The van der Waals surface area contributed by atoms with Crippen molar-refractivity contribution in [2.24, 2.45) is 5.92 Å². The summed E-state index contributed by atoms with van der Waals surface area (Å²) in [6, 6.07) is 9.16. The summed E-state index contributed by atoms with van der Waals surface area (Å²) in [5, 5.41) is 3.27. The summed E-state index contributed by atoms with van der Waals surface area (Å²) in [4.78, 5) is 2.64. The van der Waals surface area contributed by atoms with Gasteiger partial charge in [-0.15, -0.1) is 12.4 Å². The lowest BCUT2D eigenvalue weighted by molar-refractivity contribution is 0.181. The first-order chi connectivity index (χ1) is 9.81. The topological polar surface area (TPSA) is 15.3 Å². The van der Waals surface area contributed by atoms with Crippen LogP contribution in [0.25, 0.3) is 0 Å². The molecule has 1 aliphatic rings. The molecule has 1 fully saturated rings. The quantitative estimate of drug-likeness (QED) is 0.829. The van der Waals surface area contributed by atoms with Gasteiger partial charge < -0.3 is 10.2 Å². The number of halogens is 1. The van der Waals surface area contributed by atoms with Crippen molar-refractivity contribution < 1.29 is 0 Å². The predicted octanol–water partition coefficient (Wildman–Crippen LogP) is 3.53. The molecule has 0 aromatic heterocycles. The van der Waals surface area contributed by atoms with Crippen molar-refractivity contribution in [2.75, 3.05) is 33.2 Å². The third kappa shape index (κ3) is 6.37. The average molecular weight is 311 g/mol. The van der Waals surface area contributed by atoms with E-state index in [1.54, 1.807) is 0 Å². The van der Waals surface area contributed by atoms with Crippen molar-refractivity contribution in [3.05, 3.63) is 35.4 Å². The summed E-state index contributed by atoms with van der Waals surface area (Å²) < 4.78 is 0. The average Bonchev–Trinajstić information content (AvgIpc) is 2.52. The molecule has 0 radical (unpaired) electrons. The second-order valence-electron chi connectivity index (χ2n) is 6.10. The van der Waals surface area contributed by atoms with Crippen LogP contribution in [-0.2, 0) is 12.8 Å². The highest BCUT2D eigenvalue weighted by Crippen LogP contribution is 2.20. The van der Waals surface area contributed by atoms with E-state index < -0.39 is 0 Å². The van der Waals surface area contributed by atoms with Gasteiger partial charge in [-0.25, -0.2) is 0 Å². The van der Waals surface area contributed by atoms with E-state index in [1.807, 2.05) is 0 Å². The Bertz CT molecular complexity index is 369. The van der Waals surface area contributed by atoms with Crippen molar-refractivity contribution in [1.29, 1.82) is 0 Å². The molecule has 1 heterocycles. The van der Waals surface area contributed by atoms with Crippen LogP contribution in [0.1, 0.15) is 37.3 Å². The van der Waals surface area contributed by atoms with Gasteiger partial charge in [0.25, 0.3) is 0 Å². The van der Waals surface area contributed by atoms with E-state index in [0.29, 0.717) is 0 Å². The van der Waals surface area contributed by atoms with E-state index in [0.717, 1.165) is 12.3 Å². The van der Waals surface area contributed by atoms with Gasteiger partial charge in [0.15, 0.2) is 0 Å². The molecule has 1 aliphatic heterocycles. The van der Waals surface area contributed by atoms with Crippen LogP contribution in [0.3, 0.4) is 0 Å². The molecule has 2 nitrogen and oxygen atoms in total. The van der Waals surface area contributed by atoms with Crippen LogP contribution < -0.4 is 5.32 Å². The van der Waals surface area contributed by atoms with Gasteiger partial charge in [-0.3, -0.25) is 0 Å². The highest BCUT2D eigenvalue weighted by Gasteiger charge is 2.18. The Hall–Kier alpha value is -0.570. The van der Waals surface area contributed by atoms with Gasteiger partial charge >= 0.3 is 0 Å². The Morgan fingerprint density at radius 3 is 2.29 bits per heavy atom. The van der Waals surface area contributed by atoms with Crippen LogP contribution in [0.5, 0.6) is 0 Å². The lowest BCUT2D eigenvalue weighted by Gasteiger charge is -2.32. The molecular formula is C18H31ClN2. The highest BCUT2D eigenvalue weighted by atomic mass is 35.5. The zero-order chi connectivity index (χ0) is 14.2. The normalized spacial score (nSPS) is 16.7. The van der Waals surface area contributed by atoms with Gasteiger partial charge in [-0.05, 0) is 75.8 Å². The minimum Gasteiger partial charge on any atom is -0.320 e. The molecule has 0 amide bonds. The number of aryl methyl sites for hydroxylation is 1. The van der Waals surface area contributed by atoms with Crippen molar-refractivity contribution in [2.45, 2.75) is 39.0 Å². The molecule has 120 valence electrons. The van der Waals surface area contributed by atoms with E-state index in [4.69, 9.17) is 0 Å². The zero-order valence-corrected chi connectivity index (χ0v) is 14.4. The highest BCUT2D eigenvalue weighted by molar-refractivity contribution is 5.85. The number of nitrogens with zero attached hydrogens (tertiary/aromatic N) is 1. The minimum atomic E-state index is 0. The number of benzene rings is 1. The maximum atomic E-state index is 3.27. The second-order valence-corrected chi connectivity index (χ2v) is 6.10. The SMILES string of the molecule is CCc1ccc(CCN2CCC(CCNC)CC2)cc1.Cl. The van der Waals surface area contributed by atoms with Gasteiger partial charge in [-0.2, -0.15) is 0 Å². The smallest absolute Gasteiger partial charge is 0.00218 e. The Balaban J connectivity index is 0.00000220. The maximum Gasteiger partial charge on any atom is 0.00218 e. The van der Waals surface area contributed by atoms with Gasteiger partial charge in [0.05, 0.1) is 0 Å². The molecular weight excluding hydrogens is 280 g/mol. The zero-order valence-electron chi connectivity index (χ0n) is 13.6. The Kier molecular flexibility index (Phi) is 8.98. The summed E-state index contributed by atoms with van der Waals surface area (Å²) >= 11 is 0. The van der Waals surface area contributed by atoms with E-state index in [-0.39, 0.29) is 12.4 Å². The Morgan fingerprint density at radius 1 is 1.10 bits per heavy atom. The largest absolute Gasteiger partial charge is 0.320 e. The molecule has 0 spiro atoms. The first-order valence-corrected chi connectivity index (χ1v) is 8.26. The monoisotopic (exact) mass is 310 g/mol. The fourth-order valence-corrected chi connectivity index (χ4v) is 3.08. The fraction of sp³-hybridized carbons (Fsp3) is 0.667. The van der Waals surface area contributed by atoms with Crippen molar-refractivity contribution in [3.8, 4) is 0 Å². The van der Waals surface area contributed by atoms with Gasteiger partial charge in [-0.1, -0.05) is 31.2 Å². The molecule has 0 unspecified atom stereocenters. The molecule has 2 rings (SSSR count). The van der Waals surface area contributed by atoms with Crippen LogP contribution >= 0.6 is 12.4 Å². The number of rotatable bonds is 7. The predicted molar refractivity (Wildman–Crippen MR) is 94.5 cm³/mol. The van der Waals surface area contributed by atoms with Crippen molar-refractivity contribution in [3.63, 3.8) is 0 Å². The number of piperidine rings is 1. The summed E-state index contributed by atoms with van der Waals surface area (Å²) in [5.41, 5.74) is 2.93. The van der Waals surface area contributed by atoms with Crippen LogP contribution in [0.2, 0.25) is 0 Å². The molecule has 21 heavy (non-hydrogen) atoms. The maximum absolute atomic E-state index is 3.27. The third-order valence-corrected chi connectivity index (χ3v) is 4.66. The number of hydrogen-bond donors (Lipinski definition) is 1. The summed E-state index contributed by atoms with van der Waals surface area (Å²) in [6.07, 6.45) is 6.46. The van der Waals surface area contributed by atoms with Gasteiger partial charge in [0.1, 0.15) is 0 Å². The van der Waals surface area contributed by atoms with E-state index in [9.17, 15) is 0 Å². The Labute approximate surface area is 136 Å². The van der Waals surface area contributed by atoms with Crippen LogP contribution in [0.15, 0.2) is 24.3 Å². The van der Waals surface area contributed by atoms with Crippen LogP contribution in [-0.4, -0.2) is 38.1 Å². The first-order valence-electron chi connectivity index (χ1n) is 8.26. The van der Waals surface area contributed by atoms with Gasteiger partial charge in [0, 0.05) is 6.54 Å². The molecule has 0 bridgehead atoms. The van der Waals surface area contributed by atoms with Crippen LogP contribution in [0, 0.1) is 5.92 Å². The standard InChI is InChI=1S/C18H30N2.ClH/c1-3-16-4-6-17(7-5-16)9-13-20-14-10-18(11-15-20)8-12-19-2;/h4-7,18-19H,3,8-15H2,1-2H3;1H. The molecule has 1 aromatic carbocycles. The van der Waals surface area contributed by atoms with Crippen LogP contribution in [0.4, 0.5) is 0 Å². The number of likely N-dealkylation sites (tertiary alicyclic amines) is 1. The number of nitrogens with one attached hydrogen (secondary N) is 1. The van der Waals surface area contributed by atoms with E-state index in [2.05, 4.69) is 48.5 Å². The minimum absolute atomic E-state index is 0. The van der Waals surface area contributed by atoms with Crippen molar-refractivity contribution in [1.82, 2.24) is 10.2 Å². The summed E-state index contributed by atoms with van der Waals surface area (Å²) in [6.45, 7) is 7.20. The third-order valence-electron chi connectivity index (χ3n) is 4.66. The molecule has 0 atom stereocenters. The molecule has 1 aromatic rings. The second kappa shape index (κ2) is 10.2. The molecule has 3 heteroatoms. The molecule has 0 saturated carbocycles. The summed E-state index contributed by atoms with van der Waals surface area (Å²) in [5.74, 6) is 0.947. The molecule has 1 saturated heterocycles. The molecule has 1 N–H and O–H groups in total. The van der Waals surface area contributed by atoms with Gasteiger partial charge in [0.2, 0.25) is 0 Å².